The molecule has 0 bridgehead atoms. The third-order valence-electron chi connectivity index (χ3n) is 1.73. The van der Waals surface area contributed by atoms with Gasteiger partial charge in [-0.05, 0) is 24.7 Å². The van der Waals surface area contributed by atoms with Gasteiger partial charge in [0.25, 0.3) is 0 Å². The maximum absolute atomic E-state index is 13.0. The normalized spacial score (nSPS) is 12.2. The van der Waals surface area contributed by atoms with Gasteiger partial charge in [-0.3, -0.25) is 0 Å². The Bertz CT molecular complexity index is 343. The van der Waals surface area contributed by atoms with Crippen molar-refractivity contribution in [3.8, 4) is 12.3 Å². The lowest BCUT2D eigenvalue weighted by atomic mass is 10.1. The quantitative estimate of drug-likeness (QED) is 0.718. The van der Waals surface area contributed by atoms with Crippen molar-refractivity contribution in [3.05, 3.63) is 34.6 Å². The van der Waals surface area contributed by atoms with Crippen molar-refractivity contribution >= 4 is 11.6 Å². The van der Waals surface area contributed by atoms with Gasteiger partial charge in [-0.2, -0.15) is 0 Å². The number of terminal acetylenes is 1. The SMILES string of the molecule is C#CC(NC)c1ccc(Cl)c(F)c1. The molecule has 1 atom stereocenters. The molecule has 0 aliphatic carbocycles. The monoisotopic (exact) mass is 197 g/mol. The van der Waals surface area contributed by atoms with E-state index in [1.54, 1.807) is 13.1 Å². The highest BCUT2D eigenvalue weighted by Gasteiger charge is 2.07. The number of benzene rings is 1. The first-order valence-corrected chi connectivity index (χ1v) is 4.15. The molecule has 1 nitrogen and oxygen atoms in total. The first-order chi connectivity index (χ1) is 6.19. The van der Waals surface area contributed by atoms with Gasteiger partial charge in [-0.15, -0.1) is 6.42 Å². The zero-order valence-corrected chi connectivity index (χ0v) is 7.90. The smallest absolute Gasteiger partial charge is 0.142 e. The van der Waals surface area contributed by atoms with Crippen LogP contribution in [0.3, 0.4) is 0 Å². The van der Waals surface area contributed by atoms with Crippen molar-refractivity contribution in [2.45, 2.75) is 6.04 Å². The molecule has 1 aromatic carbocycles. The van der Waals surface area contributed by atoms with Crippen LogP contribution in [0.25, 0.3) is 0 Å². The molecule has 0 spiro atoms. The van der Waals surface area contributed by atoms with E-state index in [4.69, 9.17) is 18.0 Å². The van der Waals surface area contributed by atoms with Crippen LogP contribution in [0.5, 0.6) is 0 Å². The molecule has 13 heavy (non-hydrogen) atoms. The molecule has 0 amide bonds. The first-order valence-electron chi connectivity index (χ1n) is 3.77. The van der Waals surface area contributed by atoms with Gasteiger partial charge in [0, 0.05) is 0 Å². The topological polar surface area (TPSA) is 12.0 Å². The number of halogens is 2. The Balaban J connectivity index is 3.04. The molecule has 0 aliphatic heterocycles. The van der Waals surface area contributed by atoms with Gasteiger partial charge in [0.15, 0.2) is 0 Å². The molecule has 0 saturated heterocycles. The molecule has 0 aromatic heterocycles. The summed E-state index contributed by atoms with van der Waals surface area (Å²) in [4.78, 5) is 0. The average Bonchev–Trinajstić information content (AvgIpc) is 2.13. The maximum atomic E-state index is 13.0. The van der Waals surface area contributed by atoms with Gasteiger partial charge in [-0.1, -0.05) is 23.6 Å². The van der Waals surface area contributed by atoms with E-state index in [9.17, 15) is 4.39 Å². The van der Waals surface area contributed by atoms with E-state index in [2.05, 4.69) is 11.2 Å². The highest BCUT2D eigenvalue weighted by atomic mass is 35.5. The summed E-state index contributed by atoms with van der Waals surface area (Å²) in [5.41, 5.74) is 0.701. The fraction of sp³-hybridized carbons (Fsp3) is 0.200. The minimum absolute atomic E-state index is 0.107. The van der Waals surface area contributed by atoms with Crippen molar-refractivity contribution in [1.29, 1.82) is 0 Å². The van der Waals surface area contributed by atoms with Crippen molar-refractivity contribution in [1.82, 2.24) is 5.32 Å². The summed E-state index contributed by atoms with van der Waals surface area (Å²) < 4.78 is 13.0. The summed E-state index contributed by atoms with van der Waals surface area (Å²) in [5, 5.41) is 2.98. The van der Waals surface area contributed by atoms with E-state index >= 15 is 0 Å². The third kappa shape index (κ3) is 2.21. The van der Waals surface area contributed by atoms with E-state index in [1.165, 1.54) is 12.1 Å². The fourth-order valence-corrected chi connectivity index (χ4v) is 1.16. The lowest BCUT2D eigenvalue weighted by Crippen LogP contribution is -2.14. The van der Waals surface area contributed by atoms with Crippen LogP contribution in [-0.2, 0) is 0 Å². The molecular weight excluding hydrogens is 189 g/mol. The van der Waals surface area contributed by atoms with E-state index in [-0.39, 0.29) is 11.1 Å². The van der Waals surface area contributed by atoms with Crippen LogP contribution < -0.4 is 5.32 Å². The molecule has 1 N–H and O–H groups in total. The second-order valence-corrected chi connectivity index (χ2v) is 2.97. The van der Waals surface area contributed by atoms with Gasteiger partial charge in [0.1, 0.15) is 5.82 Å². The molecule has 0 saturated carbocycles. The summed E-state index contributed by atoms with van der Waals surface area (Å²) in [6.45, 7) is 0. The summed E-state index contributed by atoms with van der Waals surface area (Å²) in [7, 11) is 1.72. The van der Waals surface area contributed by atoms with Crippen LogP contribution in [0.15, 0.2) is 18.2 Å². The van der Waals surface area contributed by atoms with E-state index in [0.717, 1.165) is 0 Å². The van der Waals surface area contributed by atoms with Crippen LogP contribution in [-0.4, -0.2) is 7.05 Å². The van der Waals surface area contributed by atoms with Gasteiger partial charge in [0.05, 0.1) is 11.1 Å². The largest absolute Gasteiger partial charge is 0.303 e. The highest BCUT2D eigenvalue weighted by molar-refractivity contribution is 6.30. The number of hydrogen-bond donors (Lipinski definition) is 1. The van der Waals surface area contributed by atoms with Crippen LogP contribution in [0, 0.1) is 18.2 Å². The predicted octanol–water partition coefficient (Wildman–Crippen LogP) is 2.37. The van der Waals surface area contributed by atoms with Gasteiger partial charge in [-0.25, -0.2) is 4.39 Å². The lowest BCUT2D eigenvalue weighted by Gasteiger charge is -2.09. The van der Waals surface area contributed by atoms with E-state index in [1.807, 2.05) is 0 Å². The third-order valence-corrected chi connectivity index (χ3v) is 2.04. The fourth-order valence-electron chi connectivity index (χ4n) is 1.04. The highest BCUT2D eigenvalue weighted by Crippen LogP contribution is 2.19. The Morgan fingerprint density at radius 3 is 2.77 bits per heavy atom. The summed E-state index contributed by atoms with van der Waals surface area (Å²) in [6, 6.07) is 4.26. The number of rotatable bonds is 2. The second-order valence-electron chi connectivity index (χ2n) is 2.56. The van der Waals surface area contributed by atoms with Crippen LogP contribution >= 0.6 is 11.6 Å². The van der Waals surface area contributed by atoms with Gasteiger partial charge in [0.2, 0.25) is 0 Å². The van der Waals surface area contributed by atoms with Crippen molar-refractivity contribution in [2.24, 2.45) is 0 Å². The maximum Gasteiger partial charge on any atom is 0.142 e. The number of nitrogens with one attached hydrogen (secondary N) is 1. The van der Waals surface area contributed by atoms with Crippen molar-refractivity contribution in [3.63, 3.8) is 0 Å². The molecule has 0 fully saturated rings. The lowest BCUT2D eigenvalue weighted by molar-refractivity contribution is 0.621. The first kappa shape index (κ1) is 10.0. The second kappa shape index (κ2) is 4.27. The van der Waals surface area contributed by atoms with Crippen LogP contribution in [0.2, 0.25) is 5.02 Å². The zero-order chi connectivity index (χ0) is 9.84. The van der Waals surface area contributed by atoms with Gasteiger partial charge < -0.3 is 5.32 Å². The van der Waals surface area contributed by atoms with Crippen molar-refractivity contribution < 1.29 is 4.39 Å². The van der Waals surface area contributed by atoms with Crippen LogP contribution in [0.1, 0.15) is 11.6 Å². The molecule has 1 rings (SSSR count). The van der Waals surface area contributed by atoms with E-state index in [0.29, 0.717) is 5.56 Å². The predicted molar refractivity (Wildman–Crippen MR) is 52.0 cm³/mol. The van der Waals surface area contributed by atoms with Crippen molar-refractivity contribution in [2.75, 3.05) is 7.05 Å². The molecule has 1 unspecified atom stereocenters. The van der Waals surface area contributed by atoms with E-state index < -0.39 is 5.82 Å². The molecule has 3 heteroatoms. The molecule has 0 aliphatic rings. The minimum atomic E-state index is -0.449. The molecule has 68 valence electrons. The molecule has 0 heterocycles. The molecular formula is C10H9ClFN. The standard InChI is InChI=1S/C10H9ClFN/c1-3-10(13-2)7-4-5-8(11)9(12)6-7/h1,4-6,10,13H,2H3. The summed E-state index contributed by atoms with van der Waals surface area (Å²) >= 11 is 5.52. The van der Waals surface area contributed by atoms with Crippen LogP contribution in [0.4, 0.5) is 4.39 Å². The Kier molecular flexibility index (Phi) is 3.30. The Morgan fingerprint density at radius 2 is 2.31 bits per heavy atom. The Labute approximate surface area is 81.9 Å². The summed E-state index contributed by atoms with van der Waals surface area (Å²) in [5.74, 6) is 2.04. The minimum Gasteiger partial charge on any atom is -0.303 e. The zero-order valence-electron chi connectivity index (χ0n) is 7.14. The summed E-state index contributed by atoms with van der Waals surface area (Å²) in [6.07, 6.45) is 5.24. The Morgan fingerprint density at radius 1 is 1.62 bits per heavy atom. The number of hydrogen-bond acceptors (Lipinski definition) is 1. The Hall–Kier alpha value is -1.04. The molecule has 1 aromatic rings. The van der Waals surface area contributed by atoms with Gasteiger partial charge >= 0.3 is 0 Å². The average molecular weight is 198 g/mol. The molecule has 0 radical (unpaired) electrons.